The van der Waals surface area contributed by atoms with Gasteiger partial charge in [-0.2, -0.15) is 0 Å². The molecular formula is C11H14N4O3S. The lowest BCUT2D eigenvalue weighted by molar-refractivity contribution is -0.139. The number of hydrogen-bond donors (Lipinski definition) is 1. The molecule has 2 aromatic heterocycles. The molecule has 7 nitrogen and oxygen atoms in total. The lowest BCUT2D eigenvalue weighted by Gasteiger charge is -2.19. The molecule has 2 heterocycles. The zero-order valence-electron chi connectivity index (χ0n) is 10.9. The molecule has 0 bridgehead atoms. The van der Waals surface area contributed by atoms with Crippen LogP contribution in [0.1, 0.15) is 31.9 Å². The van der Waals surface area contributed by atoms with Gasteiger partial charge >= 0.3 is 5.97 Å². The summed E-state index contributed by atoms with van der Waals surface area (Å²) in [5.74, 6) is -0.0325. The second-order valence-corrected chi connectivity index (χ2v) is 5.85. The van der Waals surface area contributed by atoms with Gasteiger partial charge in [-0.25, -0.2) is 0 Å². The lowest BCUT2D eigenvalue weighted by Crippen LogP contribution is -2.19. The van der Waals surface area contributed by atoms with Crippen molar-refractivity contribution >= 4 is 17.5 Å². The van der Waals surface area contributed by atoms with Crippen molar-refractivity contribution in [3.63, 3.8) is 0 Å². The van der Waals surface area contributed by atoms with E-state index in [1.54, 1.807) is 0 Å². The fourth-order valence-electron chi connectivity index (χ4n) is 1.73. The smallest absolute Gasteiger partial charge is 0.303 e. The Morgan fingerprint density at radius 1 is 1.37 bits per heavy atom. The fraction of sp³-hybridized carbons (Fsp3) is 0.545. The number of aliphatic carboxylic acids is 1. The Hall–Kier alpha value is -1.83. The number of carboxylic acids is 1. The van der Waals surface area contributed by atoms with E-state index in [0.29, 0.717) is 18.2 Å². The molecule has 0 aliphatic carbocycles. The van der Waals surface area contributed by atoms with Crippen LogP contribution in [0.25, 0.3) is 10.8 Å². The Labute approximate surface area is 113 Å². The summed E-state index contributed by atoms with van der Waals surface area (Å²) >= 11 is 1.19. The zero-order valence-corrected chi connectivity index (χ0v) is 11.7. The number of aromatic nitrogens is 4. The lowest BCUT2D eigenvalue weighted by atomic mass is 9.86. The highest BCUT2D eigenvalue weighted by Crippen LogP contribution is 2.28. The van der Waals surface area contributed by atoms with Gasteiger partial charge in [-0.15, -0.1) is 15.3 Å². The van der Waals surface area contributed by atoms with Gasteiger partial charge in [0.15, 0.2) is 0 Å². The SMILES string of the molecule is Cc1nnsc1-c1nnc(CC(C)(C)CC(=O)O)o1. The molecule has 2 rings (SSSR count). The first-order chi connectivity index (χ1) is 8.87. The van der Waals surface area contributed by atoms with Crippen molar-refractivity contribution in [2.45, 2.75) is 33.6 Å². The Morgan fingerprint density at radius 3 is 2.68 bits per heavy atom. The van der Waals surface area contributed by atoms with Crippen LogP contribution in [0.15, 0.2) is 4.42 Å². The van der Waals surface area contributed by atoms with Crippen LogP contribution in [-0.4, -0.2) is 30.9 Å². The van der Waals surface area contributed by atoms with Crippen molar-refractivity contribution in [2.75, 3.05) is 0 Å². The van der Waals surface area contributed by atoms with Crippen LogP contribution < -0.4 is 0 Å². The van der Waals surface area contributed by atoms with Crippen molar-refractivity contribution in [1.29, 1.82) is 0 Å². The molecule has 0 unspecified atom stereocenters. The first kappa shape index (κ1) is 13.6. The van der Waals surface area contributed by atoms with E-state index in [1.807, 2.05) is 20.8 Å². The van der Waals surface area contributed by atoms with Gasteiger partial charge in [0.25, 0.3) is 5.89 Å². The Kier molecular flexibility index (Phi) is 3.61. The number of rotatable bonds is 5. The number of aryl methyl sites for hydroxylation is 1. The van der Waals surface area contributed by atoms with E-state index >= 15 is 0 Å². The van der Waals surface area contributed by atoms with Crippen LogP contribution in [0.5, 0.6) is 0 Å². The largest absolute Gasteiger partial charge is 0.481 e. The quantitative estimate of drug-likeness (QED) is 0.893. The normalized spacial score (nSPS) is 11.7. The number of carbonyl (C=O) groups is 1. The van der Waals surface area contributed by atoms with Crippen LogP contribution in [0.4, 0.5) is 0 Å². The summed E-state index contributed by atoms with van der Waals surface area (Å²) in [6, 6.07) is 0. The molecule has 0 fully saturated rings. The average Bonchev–Trinajstić information content (AvgIpc) is 2.84. The van der Waals surface area contributed by atoms with E-state index in [-0.39, 0.29) is 6.42 Å². The Morgan fingerprint density at radius 2 is 2.11 bits per heavy atom. The number of nitrogens with zero attached hydrogens (tertiary/aromatic N) is 4. The minimum Gasteiger partial charge on any atom is -0.481 e. The molecule has 2 aromatic rings. The average molecular weight is 282 g/mol. The maximum Gasteiger partial charge on any atom is 0.303 e. The molecule has 0 atom stereocenters. The van der Waals surface area contributed by atoms with Gasteiger partial charge in [0.2, 0.25) is 5.89 Å². The molecule has 0 radical (unpaired) electrons. The molecule has 0 saturated heterocycles. The summed E-state index contributed by atoms with van der Waals surface area (Å²) < 4.78 is 9.35. The fourth-order valence-corrected chi connectivity index (χ4v) is 2.30. The van der Waals surface area contributed by atoms with Crippen LogP contribution in [0.2, 0.25) is 0 Å². The maximum absolute atomic E-state index is 10.8. The molecule has 0 spiro atoms. The van der Waals surface area contributed by atoms with Gasteiger partial charge in [0.1, 0.15) is 4.88 Å². The topological polar surface area (TPSA) is 102 Å². The van der Waals surface area contributed by atoms with Crippen molar-refractivity contribution in [2.24, 2.45) is 5.41 Å². The van der Waals surface area contributed by atoms with Gasteiger partial charge in [-0.1, -0.05) is 18.3 Å². The molecule has 0 aliphatic rings. The van der Waals surface area contributed by atoms with Gasteiger partial charge in [0.05, 0.1) is 12.1 Å². The number of hydrogen-bond acceptors (Lipinski definition) is 7. The highest BCUT2D eigenvalue weighted by atomic mass is 32.1. The third-order valence-corrected chi connectivity index (χ3v) is 3.39. The van der Waals surface area contributed by atoms with Crippen molar-refractivity contribution < 1.29 is 14.3 Å². The summed E-state index contributed by atoms with van der Waals surface area (Å²) in [5, 5.41) is 20.6. The summed E-state index contributed by atoms with van der Waals surface area (Å²) in [5.41, 5.74) is 0.307. The Balaban J connectivity index is 2.14. The second-order valence-electron chi connectivity index (χ2n) is 5.10. The van der Waals surface area contributed by atoms with Crippen molar-refractivity contribution in [1.82, 2.24) is 19.8 Å². The highest BCUT2D eigenvalue weighted by Gasteiger charge is 2.25. The van der Waals surface area contributed by atoms with Crippen LogP contribution >= 0.6 is 11.5 Å². The predicted molar refractivity (Wildman–Crippen MR) is 67.7 cm³/mol. The van der Waals surface area contributed by atoms with Gasteiger partial charge in [-0.05, 0) is 23.9 Å². The van der Waals surface area contributed by atoms with Crippen LogP contribution in [0, 0.1) is 12.3 Å². The molecule has 0 amide bonds. The van der Waals surface area contributed by atoms with E-state index < -0.39 is 11.4 Å². The van der Waals surface area contributed by atoms with Crippen molar-refractivity contribution in [3.8, 4) is 10.8 Å². The molecule has 1 N–H and O–H groups in total. The van der Waals surface area contributed by atoms with Crippen molar-refractivity contribution in [3.05, 3.63) is 11.6 Å². The Bertz CT molecular complexity index is 590. The maximum atomic E-state index is 10.8. The summed E-state index contributed by atoms with van der Waals surface area (Å²) in [6.45, 7) is 5.52. The summed E-state index contributed by atoms with van der Waals surface area (Å²) in [6.07, 6.45) is 0.462. The second kappa shape index (κ2) is 5.04. The van der Waals surface area contributed by atoms with E-state index in [9.17, 15) is 4.79 Å². The summed E-state index contributed by atoms with van der Waals surface area (Å²) in [4.78, 5) is 11.5. The van der Waals surface area contributed by atoms with E-state index in [1.165, 1.54) is 11.5 Å². The molecule has 0 saturated carbocycles. The first-order valence-corrected chi connectivity index (χ1v) is 6.48. The first-order valence-electron chi connectivity index (χ1n) is 5.71. The van der Waals surface area contributed by atoms with E-state index in [0.717, 1.165) is 10.6 Å². The number of carboxylic acid groups (broad SMARTS) is 1. The monoisotopic (exact) mass is 282 g/mol. The molecule has 8 heteroatoms. The molecule has 102 valence electrons. The standard InChI is InChI=1S/C11H14N4O3S/c1-6-9(19-15-12-6)10-14-13-7(18-10)4-11(2,3)5-8(16)17/h4-5H2,1-3H3,(H,16,17). The predicted octanol–water partition coefficient (Wildman–Crippen LogP) is 1.94. The van der Waals surface area contributed by atoms with Gasteiger partial charge in [0, 0.05) is 6.42 Å². The van der Waals surface area contributed by atoms with E-state index in [2.05, 4.69) is 19.8 Å². The van der Waals surface area contributed by atoms with Crippen LogP contribution in [0.3, 0.4) is 0 Å². The highest BCUT2D eigenvalue weighted by molar-refractivity contribution is 7.09. The summed E-state index contributed by atoms with van der Waals surface area (Å²) in [7, 11) is 0. The molecule has 0 aromatic carbocycles. The molecule has 0 aliphatic heterocycles. The van der Waals surface area contributed by atoms with Gasteiger partial charge < -0.3 is 9.52 Å². The minimum atomic E-state index is -0.841. The zero-order chi connectivity index (χ0) is 14.0. The van der Waals surface area contributed by atoms with E-state index in [4.69, 9.17) is 9.52 Å². The third-order valence-electron chi connectivity index (χ3n) is 2.57. The van der Waals surface area contributed by atoms with Gasteiger partial charge in [-0.3, -0.25) is 4.79 Å². The third kappa shape index (κ3) is 3.34. The molecule has 19 heavy (non-hydrogen) atoms. The van der Waals surface area contributed by atoms with Crippen LogP contribution in [-0.2, 0) is 11.2 Å². The molecular weight excluding hydrogens is 268 g/mol. The minimum absolute atomic E-state index is 0.0475.